The Labute approximate surface area is 98.1 Å². The number of hydrogen-bond donors (Lipinski definition) is 1. The molecule has 0 aromatic heterocycles. The molecule has 0 amide bonds. The Balaban J connectivity index is 2.57. The average molecular weight is 250 g/mol. The number of anilines is 1. The van der Waals surface area contributed by atoms with Crippen molar-refractivity contribution in [2.45, 2.75) is 19.8 Å². The zero-order valence-electron chi connectivity index (χ0n) is 8.43. The van der Waals surface area contributed by atoms with Gasteiger partial charge in [0.25, 0.3) is 0 Å². The summed E-state index contributed by atoms with van der Waals surface area (Å²) >= 11 is 7.08. The largest absolute Gasteiger partial charge is 0.424 e. The third-order valence-electron chi connectivity index (χ3n) is 1.78. The second-order valence-electron chi connectivity index (χ2n) is 3.06. The molecule has 0 fully saturated rings. The minimum absolute atomic E-state index is 0.0468. The van der Waals surface area contributed by atoms with Crippen LogP contribution in [0.25, 0.3) is 0 Å². The normalized spacial score (nSPS) is 10.3. The first-order chi connectivity index (χ1) is 7.15. The predicted molar refractivity (Wildman–Crippen MR) is 63.8 cm³/mol. The van der Waals surface area contributed by atoms with Crippen molar-refractivity contribution >= 4 is 29.3 Å². The van der Waals surface area contributed by atoms with Crippen LogP contribution in [0, 0.1) is 5.82 Å². The van der Waals surface area contributed by atoms with Crippen LogP contribution in [-0.4, -0.2) is 5.75 Å². The second-order valence-corrected chi connectivity index (χ2v) is 4.28. The smallest absolute Gasteiger partial charge is 0.158 e. The molecule has 2 nitrogen and oxygen atoms in total. The third-order valence-corrected chi connectivity index (χ3v) is 2.83. The Morgan fingerprint density at radius 1 is 1.53 bits per heavy atom. The molecule has 0 aliphatic rings. The average Bonchev–Trinajstić information content (AvgIpc) is 2.20. The number of unbranched alkanes of at least 4 members (excludes halogenated alkanes) is 1. The van der Waals surface area contributed by atoms with Crippen LogP contribution < -0.4 is 9.92 Å². The molecule has 1 aromatic carbocycles. The summed E-state index contributed by atoms with van der Waals surface area (Å²) in [6.45, 7) is 2.10. The lowest BCUT2D eigenvalue weighted by atomic mass is 10.3. The van der Waals surface area contributed by atoms with Crippen molar-refractivity contribution in [2.75, 3.05) is 11.5 Å². The van der Waals surface area contributed by atoms with E-state index in [2.05, 4.69) is 6.92 Å². The van der Waals surface area contributed by atoms with Crippen LogP contribution in [0.4, 0.5) is 10.1 Å². The lowest BCUT2D eigenvalue weighted by Gasteiger charge is -2.07. The minimum Gasteiger partial charge on any atom is -0.424 e. The van der Waals surface area contributed by atoms with Crippen LogP contribution in [-0.2, 0) is 0 Å². The van der Waals surface area contributed by atoms with E-state index in [0.717, 1.165) is 24.7 Å². The fraction of sp³-hybridized carbons (Fsp3) is 0.400. The van der Waals surface area contributed by atoms with Gasteiger partial charge < -0.3 is 9.92 Å². The Kier molecular flexibility index (Phi) is 5.05. The third kappa shape index (κ3) is 3.80. The monoisotopic (exact) mass is 249 g/mol. The van der Waals surface area contributed by atoms with Crippen molar-refractivity contribution in [1.82, 2.24) is 0 Å². The van der Waals surface area contributed by atoms with Crippen LogP contribution in [0.2, 0.25) is 5.02 Å². The summed E-state index contributed by atoms with van der Waals surface area (Å²) in [4.78, 5) is 0. The summed E-state index contributed by atoms with van der Waals surface area (Å²) in [7, 11) is 0. The number of nitrogens with two attached hydrogens (primary N) is 1. The Bertz CT molecular complexity index is 335. The molecule has 1 rings (SSSR count). The van der Waals surface area contributed by atoms with Crippen molar-refractivity contribution in [3.8, 4) is 5.75 Å². The van der Waals surface area contributed by atoms with Gasteiger partial charge in [-0.05, 0) is 12.5 Å². The van der Waals surface area contributed by atoms with E-state index >= 15 is 0 Å². The Morgan fingerprint density at radius 3 is 2.93 bits per heavy atom. The molecule has 0 atom stereocenters. The maximum absolute atomic E-state index is 12.9. The molecule has 84 valence electrons. The fourth-order valence-corrected chi connectivity index (χ4v) is 1.91. The highest BCUT2D eigenvalue weighted by Gasteiger charge is 2.07. The van der Waals surface area contributed by atoms with E-state index in [-0.39, 0.29) is 10.7 Å². The molecule has 5 heteroatoms. The molecule has 0 aliphatic carbocycles. The van der Waals surface area contributed by atoms with Gasteiger partial charge in [0.2, 0.25) is 0 Å². The summed E-state index contributed by atoms with van der Waals surface area (Å²) in [5.41, 5.74) is 5.44. The molecule has 0 radical (unpaired) electrons. The van der Waals surface area contributed by atoms with E-state index in [1.165, 1.54) is 18.1 Å². The van der Waals surface area contributed by atoms with Gasteiger partial charge in [-0.25, -0.2) is 4.39 Å². The van der Waals surface area contributed by atoms with E-state index in [9.17, 15) is 4.39 Å². The van der Waals surface area contributed by atoms with Gasteiger partial charge in [-0.1, -0.05) is 24.9 Å². The molecular formula is C10H13ClFNOS. The number of hydrogen-bond acceptors (Lipinski definition) is 3. The summed E-state index contributed by atoms with van der Waals surface area (Å²) in [5, 5.41) is 0.241. The van der Waals surface area contributed by atoms with E-state index in [0.29, 0.717) is 5.75 Å². The quantitative estimate of drug-likeness (QED) is 0.489. The Hall–Kier alpha value is -0.610. The van der Waals surface area contributed by atoms with Gasteiger partial charge in [0.05, 0.1) is 22.8 Å². The minimum atomic E-state index is -0.522. The zero-order valence-corrected chi connectivity index (χ0v) is 10.00. The summed E-state index contributed by atoms with van der Waals surface area (Å²) in [6, 6.07) is 2.56. The van der Waals surface area contributed by atoms with Crippen molar-refractivity contribution < 1.29 is 8.57 Å². The van der Waals surface area contributed by atoms with Gasteiger partial charge in [0.15, 0.2) is 5.75 Å². The van der Waals surface area contributed by atoms with Crippen LogP contribution in [0.15, 0.2) is 12.1 Å². The van der Waals surface area contributed by atoms with Crippen molar-refractivity contribution in [2.24, 2.45) is 0 Å². The van der Waals surface area contributed by atoms with Crippen LogP contribution in [0.1, 0.15) is 19.8 Å². The van der Waals surface area contributed by atoms with Gasteiger partial charge >= 0.3 is 0 Å². The lowest BCUT2D eigenvalue weighted by molar-refractivity contribution is 0.616. The molecule has 1 aromatic rings. The highest BCUT2D eigenvalue weighted by atomic mass is 35.5. The molecule has 0 heterocycles. The van der Waals surface area contributed by atoms with E-state index in [1.54, 1.807) is 0 Å². The Morgan fingerprint density at radius 2 is 2.27 bits per heavy atom. The van der Waals surface area contributed by atoms with Gasteiger partial charge in [-0.3, -0.25) is 0 Å². The molecule has 15 heavy (non-hydrogen) atoms. The SMILES string of the molecule is CCCCSOc1cc(N)c(F)cc1Cl. The van der Waals surface area contributed by atoms with Gasteiger partial charge in [0.1, 0.15) is 5.82 Å². The maximum Gasteiger partial charge on any atom is 0.158 e. The number of halogens is 2. The molecule has 0 aliphatic heterocycles. The van der Waals surface area contributed by atoms with E-state index in [1.807, 2.05) is 0 Å². The number of benzene rings is 1. The van der Waals surface area contributed by atoms with Gasteiger partial charge in [0, 0.05) is 11.8 Å². The first kappa shape index (κ1) is 12.5. The standard InChI is InChI=1S/C10H13ClFNOS/c1-2-3-4-15-14-10-6-9(13)8(12)5-7(10)11/h5-6H,2-4,13H2,1H3. The zero-order chi connectivity index (χ0) is 11.3. The maximum atomic E-state index is 12.9. The van der Waals surface area contributed by atoms with E-state index < -0.39 is 5.82 Å². The van der Waals surface area contributed by atoms with Crippen molar-refractivity contribution in [3.05, 3.63) is 23.0 Å². The molecule has 0 saturated heterocycles. The summed E-state index contributed by atoms with van der Waals surface area (Å²) < 4.78 is 18.2. The summed E-state index contributed by atoms with van der Waals surface area (Å²) in [5.74, 6) is 0.770. The van der Waals surface area contributed by atoms with E-state index in [4.69, 9.17) is 21.5 Å². The highest BCUT2D eigenvalue weighted by molar-refractivity contribution is 7.95. The molecule has 0 bridgehead atoms. The second kappa shape index (κ2) is 6.08. The topological polar surface area (TPSA) is 35.2 Å². The molecule has 0 unspecified atom stereocenters. The van der Waals surface area contributed by atoms with Gasteiger partial charge in [-0.2, -0.15) is 0 Å². The summed E-state index contributed by atoms with van der Waals surface area (Å²) in [6.07, 6.45) is 2.18. The number of rotatable bonds is 5. The predicted octanol–water partition coefficient (Wildman–Crippen LogP) is 3.89. The number of nitrogen functional groups attached to an aromatic ring is 1. The van der Waals surface area contributed by atoms with Crippen molar-refractivity contribution in [3.63, 3.8) is 0 Å². The van der Waals surface area contributed by atoms with Crippen LogP contribution in [0.3, 0.4) is 0 Å². The lowest BCUT2D eigenvalue weighted by Crippen LogP contribution is -1.93. The van der Waals surface area contributed by atoms with Crippen molar-refractivity contribution in [1.29, 1.82) is 0 Å². The fourth-order valence-electron chi connectivity index (χ4n) is 0.917. The highest BCUT2D eigenvalue weighted by Crippen LogP contribution is 2.31. The molecular weight excluding hydrogens is 237 g/mol. The van der Waals surface area contributed by atoms with Crippen LogP contribution in [0.5, 0.6) is 5.75 Å². The molecule has 0 spiro atoms. The molecule has 0 saturated carbocycles. The first-order valence-corrected chi connectivity index (χ1v) is 5.98. The first-order valence-electron chi connectivity index (χ1n) is 4.69. The molecule has 2 N–H and O–H groups in total. The van der Waals surface area contributed by atoms with Gasteiger partial charge in [-0.15, -0.1) is 0 Å². The van der Waals surface area contributed by atoms with Crippen LogP contribution >= 0.6 is 23.6 Å².